The fraction of sp³-hybridized carbons (Fsp3) is 0. The van der Waals surface area contributed by atoms with E-state index in [1.54, 1.807) is 12.4 Å². The fourth-order valence-corrected chi connectivity index (χ4v) is 2.04. The van der Waals surface area contributed by atoms with E-state index in [2.05, 4.69) is 25.9 Å². The van der Waals surface area contributed by atoms with Crippen LogP contribution in [0.5, 0.6) is 0 Å². The van der Waals surface area contributed by atoms with Crippen molar-refractivity contribution < 1.29 is 0 Å². The van der Waals surface area contributed by atoms with Crippen LogP contribution in [0.25, 0.3) is 16.9 Å². The molecule has 2 N–H and O–H groups in total. The second-order valence-corrected chi connectivity index (χ2v) is 4.57. The molecule has 0 atom stereocenters. The van der Waals surface area contributed by atoms with E-state index in [1.807, 2.05) is 34.7 Å². The van der Waals surface area contributed by atoms with Gasteiger partial charge in [-0.1, -0.05) is 28.1 Å². The van der Waals surface area contributed by atoms with Gasteiger partial charge in [0, 0.05) is 16.2 Å². The monoisotopic (exact) mass is 288 g/mol. The normalized spacial score (nSPS) is 10.9. The minimum atomic E-state index is 0.443. The SMILES string of the molecule is Nc1nccc2cnc(-c3ccc(Br)cc3)n12. The third-order valence-electron chi connectivity index (χ3n) is 2.57. The molecule has 0 amide bonds. The maximum atomic E-state index is 5.87. The van der Waals surface area contributed by atoms with Crippen molar-refractivity contribution in [1.82, 2.24) is 14.4 Å². The molecule has 0 fully saturated rings. The van der Waals surface area contributed by atoms with Gasteiger partial charge in [0.15, 0.2) is 0 Å². The average Bonchev–Trinajstić information content (AvgIpc) is 2.75. The molecule has 0 aliphatic heterocycles. The Labute approximate surface area is 106 Å². The van der Waals surface area contributed by atoms with Gasteiger partial charge >= 0.3 is 0 Å². The molecule has 17 heavy (non-hydrogen) atoms. The number of nitrogens with zero attached hydrogens (tertiary/aromatic N) is 3. The van der Waals surface area contributed by atoms with Crippen LogP contribution in [-0.2, 0) is 0 Å². The van der Waals surface area contributed by atoms with Crippen molar-refractivity contribution in [3.63, 3.8) is 0 Å². The number of anilines is 1. The molecule has 0 radical (unpaired) electrons. The summed E-state index contributed by atoms with van der Waals surface area (Å²) in [6.07, 6.45) is 3.47. The van der Waals surface area contributed by atoms with Crippen LogP contribution in [0.4, 0.5) is 5.95 Å². The van der Waals surface area contributed by atoms with Crippen LogP contribution in [0, 0.1) is 0 Å². The van der Waals surface area contributed by atoms with E-state index in [0.29, 0.717) is 5.95 Å². The van der Waals surface area contributed by atoms with Gasteiger partial charge in [-0.05, 0) is 18.2 Å². The first-order valence-electron chi connectivity index (χ1n) is 5.09. The lowest BCUT2D eigenvalue weighted by Crippen LogP contribution is -2.00. The summed E-state index contributed by atoms with van der Waals surface area (Å²) in [5, 5.41) is 0. The second-order valence-electron chi connectivity index (χ2n) is 3.65. The molecule has 3 aromatic rings. The first-order chi connectivity index (χ1) is 8.25. The van der Waals surface area contributed by atoms with Crippen LogP contribution >= 0.6 is 15.9 Å². The van der Waals surface area contributed by atoms with Gasteiger partial charge in [-0.2, -0.15) is 0 Å². The molecule has 0 bridgehead atoms. The highest BCUT2D eigenvalue weighted by atomic mass is 79.9. The summed E-state index contributed by atoms with van der Waals surface area (Å²) in [6, 6.07) is 9.81. The summed E-state index contributed by atoms with van der Waals surface area (Å²) in [7, 11) is 0. The summed E-state index contributed by atoms with van der Waals surface area (Å²) in [6.45, 7) is 0. The molecule has 2 aromatic heterocycles. The molecule has 0 spiro atoms. The smallest absolute Gasteiger partial charge is 0.206 e. The fourth-order valence-electron chi connectivity index (χ4n) is 1.77. The Hall–Kier alpha value is -1.88. The Morgan fingerprint density at radius 2 is 1.82 bits per heavy atom. The zero-order chi connectivity index (χ0) is 11.8. The molecule has 4 nitrogen and oxygen atoms in total. The summed E-state index contributed by atoms with van der Waals surface area (Å²) >= 11 is 3.41. The van der Waals surface area contributed by atoms with Crippen molar-refractivity contribution >= 4 is 27.4 Å². The minimum absolute atomic E-state index is 0.443. The molecule has 0 unspecified atom stereocenters. The molecule has 0 aliphatic rings. The van der Waals surface area contributed by atoms with Crippen LogP contribution < -0.4 is 5.73 Å². The number of imidazole rings is 1. The standard InChI is InChI=1S/C12H9BrN4/c13-9-3-1-8(2-4-9)11-16-7-10-5-6-15-12(14)17(10)11/h1-7H,(H2,14,15). The third kappa shape index (κ3) is 1.68. The Balaban J connectivity index is 2.27. The highest BCUT2D eigenvalue weighted by Crippen LogP contribution is 2.23. The van der Waals surface area contributed by atoms with E-state index >= 15 is 0 Å². The van der Waals surface area contributed by atoms with Gasteiger partial charge in [0.2, 0.25) is 5.95 Å². The van der Waals surface area contributed by atoms with Gasteiger partial charge in [0.05, 0.1) is 11.7 Å². The maximum Gasteiger partial charge on any atom is 0.206 e. The molecule has 1 aromatic carbocycles. The summed E-state index contributed by atoms with van der Waals surface area (Å²) < 4.78 is 2.87. The zero-order valence-electron chi connectivity index (χ0n) is 8.84. The molecular formula is C12H9BrN4. The van der Waals surface area contributed by atoms with Gasteiger partial charge in [-0.15, -0.1) is 0 Å². The highest BCUT2D eigenvalue weighted by molar-refractivity contribution is 9.10. The Morgan fingerprint density at radius 1 is 1.06 bits per heavy atom. The topological polar surface area (TPSA) is 56.2 Å². The zero-order valence-corrected chi connectivity index (χ0v) is 10.4. The van der Waals surface area contributed by atoms with Gasteiger partial charge in [0.1, 0.15) is 5.82 Å². The maximum absolute atomic E-state index is 5.87. The van der Waals surface area contributed by atoms with E-state index in [0.717, 1.165) is 21.4 Å². The van der Waals surface area contributed by atoms with Gasteiger partial charge in [-0.3, -0.25) is 4.40 Å². The number of halogens is 1. The second kappa shape index (κ2) is 3.85. The van der Waals surface area contributed by atoms with Crippen LogP contribution in [0.15, 0.2) is 47.2 Å². The lowest BCUT2D eigenvalue weighted by atomic mass is 10.2. The van der Waals surface area contributed by atoms with Crippen LogP contribution in [0.3, 0.4) is 0 Å². The van der Waals surface area contributed by atoms with Crippen LogP contribution in [0.1, 0.15) is 0 Å². The van der Waals surface area contributed by atoms with Gasteiger partial charge in [0.25, 0.3) is 0 Å². The number of nitrogens with two attached hydrogens (primary N) is 1. The predicted octanol–water partition coefficient (Wildman–Crippen LogP) is 2.74. The number of hydrogen-bond acceptors (Lipinski definition) is 3. The summed E-state index contributed by atoms with van der Waals surface area (Å²) in [5.41, 5.74) is 7.82. The number of benzene rings is 1. The van der Waals surface area contributed by atoms with Crippen molar-refractivity contribution in [3.8, 4) is 11.4 Å². The minimum Gasteiger partial charge on any atom is -0.369 e. The van der Waals surface area contributed by atoms with Crippen LogP contribution in [0.2, 0.25) is 0 Å². The van der Waals surface area contributed by atoms with Crippen molar-refractivity contribution in [3.05, 3.63) is 47.2 Å². The number of nitrogen functional groups attached to an aromatic ring is 1. The Morgan fingerprint density at radius 3 is 2.59 bits per heavy atom. The summed E-state index contributed by atoms with van der Waals surface area (Å²) in [5.74, 6) is 1.25. The van der Waals surface area contributed by atoms with E-state index < -0.39 is 0 Å². The first-order valence-corrected chi connectivity index (χ1v) is 5.89. The number of hydrogen-bond donors (Lipinski definition) is 1. The van der Waals surface area contributed by atoms with E-state index in [9.17, 15) is 0 Å². The molecule has 0 aliphatic carbocycles. The van der Waals surface area contributed by atoms with Gasteiger partial charge < -0.3 is 5.73 Å². The van der Waals surface area contributed by atoms with Crippen molar-refractivity contribution in [2.75, 3.05) is 5.73 Å². The predicted molar refractivity (Wildman–Crippen MR) is 70.5 cm³/mol. The highest BCUT2D eigenvalue weighted by Gasteiger charge is 2.08. The number of rotatable bonds is 1. The molecule has 3 rings (SSSR count). The summed E-state index contributed by atoms with van der Waals surface area (Å²) in [4.78, 5) is 8.46. The van der Waals surface area contributed by atoms with Gasteiger partial charge in [-0.25, -0.2) is 9.97 Å². The van der Waals surface area contributed by atoms with Crippen molar-refractivity contribution in [1.29, 1.82) is 0 Å². The molecule has 2 heterocycles. The largest absolute Gasteiger partial charge is 0.369 e. The van der Waals surface area contributed by atoms with Crippen molar-refractivity contribution in [2.45, 2.75) is 0 Å². The Bertz CT molecular complexity index is 673. The lowest BCUT2D eigenvalue weighted by molar-refractivity contribution is 1.10. The number of fused-ring (bicyclic) bond motifs is 1. The molecular weight excluding hydrogens is 280 g/mol. The molecule has 0 saturated carbocycles. The number of aromatic nitrogens is 3. The van der Waals surface area contributed by atoms with E-state index in [-0.39, 0.29) is 0 Å². The molecule has 84 valence electrons. The van der Waals surface area contributed by atoms with E-state index in [1.165, 1.54) is 0 Å². The van der Waals surface area contributed by atoms with Crippen LogP contribution in [-0.4, -0.2) is 14.4 Å². The average molecular weight is 289 g/mol. The van der Waals surface area contributed by atoms with Crippen molar-refractivity contribution in [2.24, 2.45) is 0 Å². The van der Waals surface area contributed by atoms with E-state index in [4.69, 9.17) is 5.73 Å². The molecule has 0 saturated heterocycles. The molecule has 5 heteroatoms. The Kier molecular flexibility index (Phi) is 2.33. The quantitative estimate of drug-likeness (QED) is 0.749. The lowest BCUT2D eigenvalue weighted by Gasteiger charge is -2.03. The first kappa shape index (κ1) is 10.3. The third-order valence-corrected chi connectivity index (χ3v) is 3.10.